The Hall–Kier alpha value is -3.68. The van der Waals surface area contributed by atoms with Crippen molar-refractivity contribution in [2.45, 2.75) is 47.2 Å². The van der Waals surface area contributed by atoms with Gasteiger partial charge in [-0.1, -0.05) is 0 Å². The van der Waals surface area contributed by atoms with Crippen molar-refractivity contribution in [2.75, 3.05) is 5.32 Å². The Morgan fingerprint density at radius 3 is 2.45 bits per heavy atom. The summed E-state index contributed by atoms with van der Waals surface area (Å²) in [6, 6.07) is 5.31. The van der Waals surface area contributed by atoms with E-state index in [9.17, 15) is 9.59 Å². The second-order valence-corrected chi connectivity index (χ2v) is 7.76. The number of H-pyrrole nitrogens is 1. The van der Waals surface area contributed by atoms with Gasteiger partial charge >= 0.3 is 0 Å². The Balaban J connectivity index is 2.55. The molecule has 0 bridgehead atoms. The molecule has 8 nitrogen and oxygen atoms in total. The molecule has 0 atom stereocenters. The van der Waals surface area contributed by atoms with Gasteiger partial charge in [0.05, 0.1) is 5.56 Å². The van der Waals surface area contributed by atoms with Crippen molar-refractivity contribution < 1.29 is 4.79 Å². The molecule has 0 radical (unpaired) electrons. The van der Waals surface area contributed by atoms with Crippen molar-refractivity contribution in [3.8, 4) is 0 Å². The second kappa shape index (κ2) is 9.88. The van der Waals surface area contributed by atoms with E-state index in [1.165, 1.54) is 6.20 Å². The van der Waals surface area contributed by atoms with Gasteiger partial charge in [0.25, 0.3) is 11.5 Å². The molecular formula is C23H30N6O2. The van der Waals surface area contributed by atoms with E-state index in [2.05, 4.69) is 15.6 Å². The first kappa shape index (κ1) is 23.6. The highest BCUT2D eigenvalue weighted by molar-refractivity contribution is 6.15. The standard InChI is InChI=1S/C23H30N6O2/c1-12(2)28-20-8-16(17(9-24)10-25)7-18(21(20)15(5)26)22(30)27-11-19-13(3)6-14(4)29-23(19)31/h6-10,12,24,26,28H,11,25H2,1-5H3,(H,27,30)(H,29,31)/b17-10+,24-9?,26-15?. The lowest BCUT2D eigenvalue weighted by molar-refractivity contribution is 0.0950. The molecule has 1 amide bonds. The summed E-state index contributed by atoms with van der Waals surface area (Å²) in [6.45, 7) is 9.21. The zero-order valence-electron chi connectivity index (χ0n) is 18.6. The highest BCUT2D eigenvalue weighted by atomic mass is 16.1. The molecule has 0 fully saturated rings. The van der Waals surface area contributed by atoms with Gasteiger partial charge in [-0.25, -0.2) is 0 Å². The second-order valence-electron chi connectivity index (χ2n) is 7.76. The number of amides is 1. The number of carbonyl (C=O) groups is 1. The molecule has 0 unspecified atom stereocenters. The van der Waals surface area contributed by atoms with Crippen LogP contribution in [-0.4, -0.2) is 28.9 Å². The summed E-state index contributed by atoms with van der Waals surface area (Å²) in [5.74, 6) is -0.420. The van der Waals surface area contributed by atoms with Gasteiger partial charge in [0.15, 0.2) is 0 Å². The summed E-state index contributed by atoms with van der Waals surface area (Å²) in [5, 5.41) is 21.9. The third-order valence-electron chi connectivity index (χ3n) is 4.79. The zero-order chi connectivity index (χ0) is 23.3. The number of hydrogen-bond donors (Lipinski definition) is 6. The summed E-state index contributed by atoms with van der Waals surface area (Å²) < 4.78 is 0. The molecule has 0 saturated heterocycles. The number of hydrogen-bond acceptors (Lipinski definition) is 6. The number of aromatic amines is 1. The minimum atomic E-state index is -0.420. The van der Waals surface area contributed by atoms with Gasteiger partial charge in [-0.15, -0.1) is 0 Å². The van der Waals surface area contributed by atoms with Crippen molar-refractivity contribution in [1.82, 2.24) is 10.3 Å². The minimum absolute atomic E-state index is 0.0537. The predicted octanol–water partition coefficient (Wildman–Crippen LogP) is 3.08. The van der Waals surface area contributed by atoms with E-state index in [4.69, 9.17) is 16.6 Å². The largest absolute Gasteiger partial charge is 0.404 e. The van der Waals surface area contributed by atoms with Crippen LogP contribution in [0.3, 0.4) is 0 Å². The third kappa shape index (κ3) is 5.48. The van der Waals surface area contributed by atoms with Crippen molar-refractivity contribution in [3.63, 3.8) is 0 Å². The number of anilines is 1. The smallest absolute Gasteiger partial charge is 0.253 e. The molecule has 7 N–H and O–H groups in total. The average Bonchev–Trinajstić information content (AvgIpc) is 2.66. The van der Waals surface area contributed by atoms with Crippen molar-refractivity contribution >= 4 is 29.1 Å². The summed E-state index contributed by atoms with van der Waals surface area (Å²) >= 11 is 0. The Morgan fingerprint density at radius 1 is 1.26 bits per heavy atom. The Morgan fingerprint density at radius 2 is 1.94 bits per heavy atom. The normalized spacial score (nSPS) is 11.4. The number of allylic oxidation sites excluding steroid dienone is 1. The number of carbonyl (C=O) groups excluding carboxylic acids is 1. The lowest BCUT2D eigenvalue weighted by atomic mass is 9.94. The van der Waals surface area contributed by atoms with Crippen LogP contribution in [0.25, 0.3) is 5.57 Å². The van der Waals surface area contributed by atoms with Crippen LogP contribution in [-0.2, 0) is 6.54 Å². The Kier molecular flexibility index (Phi) is 7.52. The summed E-state index contributed by atoms with van der Waals surface area (Å²) in [7, 11) is 0. The van der Waals surface area contributed by atoms with Crippen LogP contribution in [0.1, 0.15) is 59.1 Å². The Labute approximate surface area is 182 Å². The van der Waals surface area contributed by atoms with Crippen LogP contribution in [0.2, 0.25) is 0 Å². The van der Waals surface area contributed by atoms with E-state index < -0.39 is 5.91 Å². The number of nitrogens with two attached hydrogens (primary N) is 1. The molecule has 0 aliphatic rings. The molecule has 0 aliphatic heterocycles. The minimum Gasteiger partial charge on any atom is -0.404 e. The van der Waals surface area contributed by atoms with E-state index in [0.717, 1.165) is 17.5 Å². The first-order valence-corrected chi connectivity index (χ1v) is 9.99. The number of rotatable bonds is 8. The Bertz CT molecular complexity index is 1110. The molecule has 164 valence electrons. The van der Waals surface area contributed by atoms with Crippen LogP contribution in [0.4, 0.5) is 5.69 Å². The number of benzene rings is 1. The summed E-state index contributed by atoms with van der Waals surface area (Å²) in [4.78, 5) is 28.2. The van der Waals surface area contributed by atoms with E-state index in [-0.39, 0.29) is 29.4 Å². The highest BCUT2D eigenvalue weighted by Gasteiger charge is 2.20. The van der Waals surface area contributed by atoms with Crippen LogP contribution in [0, 0.1) is 24.7 Å². The monoisotopic (exact) mass is 422 g/mol. The number of aryl methyl sites for hydroxylation is 2. The maximum Gasteiger partial charge on any atom is 0.253 e. The van der Waals surface area contributed by atoms with E-state index >= 15 is 0 Å². The van der Waals surface area contributed by atoms with Gasteiger partial charge in [0.1, 0.15) is 0 Å². The fourth-order valence-electron chi connectivity index (χ4n) is 3.41. The molecule has 1 aromatic carbocycles. The average molecular weight is 423 g/mol. The summed E-state index contributed by atoms with van der Waals surface area (Å²) in [6.07, 6.45) is 2.41. The summed E-state index contributed by atoms with van der Waals surface area (Å²) in [5.41, 5.74) is 10.0. The molecule has 2 rings (SSSR count). The van der Waals surface area contributed by atoms with Crippen molar-refractivity contribution in [3.05, 3.63) is 68.3 Å². The third-order valence-corrected chi connectivity index (χ3v) is 4.79. The molecule has 8 heteroatoms. The number of pyridine rings is 1. The molecule has 0 saturated carbocycles. The zero-order valence-corrected chi connectivity index (χ0v) is 18.6. The van der Waals surface area contributed by atoms with Gasteiger partial charge in [-0.3, -0.25) is 9.59 Å². The quantitative estimate of drug-likeness (QED) is 0.363. The van der Waals surface area contributed by atoms with Crippen LogP contribution >= 0.6 is 0 Å². The van der Waals surface area contributed by atoms with Crippen molar-refractivity contribution in [2.24, 2.45) is 5.73 Å². The van der Waals surface area contributed by atoms with Crippen LogP contribution in [0.15, 0.2) is 29.2 Å². The molecule has 1 heterocycles. The molecule has 31 heavy (non-hydrogen) atoms. The van der Waals surface area contributed by atoms with Gasteiger partial charge in [0, 0.05) is 58.8 Å². The number of aromatic nitrogens is 1. The molecule has 0 spiro atoms. The molecule has 2 aromatic rings. The van der Waals surface area contributed by atoms with Crippen molar-refractivity contribution in [1.29, 1.82) is 10.8 Å². The lowest BCUT2D eigenvalue weighted by Crippen LogP contribution is -2.29. The number of nitrogens with one attached hydrogen (secondary N) is 5. The first-order valence-electron chi connectivity index (χ1n) is 9.99. The fraction of sp³-hybridized carbons (Fsp3) is 0.304. The maximum absolute atomic E-state index is 13.2. The maximum atomic E-state index is 13.2. The molecule has 0 aliphatic carbocycles. The molecular weight excluding hydrogens is 392 g/mol. The van der Waals surface area contributed by atoms with Gasteiger partial charge < -0.3 is 32.2 Å². The first-order chi connectivity index (χ1) is 14.6. The predicted molar refractivity (Wildman–Crippen MR) is 126 cm³/mol. The van der Waals surface area contributed by atoms with Crippen LogP contribution < -0.4 is 21.9 Å². The van der Waals surface area contributed by atoms with E-state index in [1.54, 1.807) is 26.0 Å². The topological polar surface area (TPSA) is 148 Å². The fourth-order valence-corrected chi connectivity index (χ4v) is 3.41. The van der Waals surface area contributed by atoms with E-state index in [0.29, 0.717) is 28.0 Å². The highest BCUT2D eigenvalue weighted by Crippen LogP contribution is 2.27. The van der Waals surface area contributed by atoms with Gasteiger partial charge in [-0.2, -0.15) is 0 Å². The molecule has 1 aromatic heterocycles. The van der Waals surface area contributed by atoms with Crippen LogP contribution in [0.5, 0.6) is 0 Å². The van der Waals surface area contributed by atoms with E-state index in [1.807, 2.05) is 26.8 Å². The van der Waals surface area contributed by atoms with Gasteiger partial charge in [0.2, 0.25) is 0 Å². The SMILES string of the molecule is CC(=N)c1c(NC(C)C)cc(/C(C=N)=C/N)cc1C(=O)NCc1c(C)cc(C)[nH]c1=O. The van der Waals surface area contributed by atoms with Gasteiger partial charge in [-0.05, 0) is 63.9 Å². The lowest BCUT2D eigenvalue weighted by Gasteiger charge is -2.20.